The van der Waals surface area contributed by atoms with Gasteiger partial charge in [0, 0.05) is 35.5 Å². The molecule has 41 heavy (non-hydrogen) atoms. The Hall–Kier alpha value is -3.97. The van der Waals surface area contributed by atoms with Crippen molar-refractivity contribution in [1.82, 2.24) is 15.3 Å². The molecule has 0 radical (unpaired) electrons. The van der Waals surface area contributed by atoms with Crippen LogP contribution >= 0.6 is 0 Å². The Morgan fingerprint density at radius 3 is 2.44 bits per heavy atom. The Morgan fingerprint density at radius 1 is 1.07 bits per heavy atom. The number of benzene rings is 2. The molecular weight excluding hydrogens is 559 g/mol. The molecule has 13 heteroatoms. The van der Waals surface area contributed by atoms with Gasteiger partial charge in [-0.3, -0.25) is 0 Å². The van der Waals surface area contributed by atoms with Gasteiger partial charge >= 0.3 is 12.2 Å². The van der Waals surface area contributed by atoms with Crippen LogP contribution in [0.25, 0.3) is 11.4 Å². The number of halogens is 3. The van der Waals surface area contributed by atoms with E-state index in [4.69, 9.17) is 4.74 Å². The minimum absolute atomic E-state index is 0.120. The van der Waals surface area contributed by atoms with Gasteiger partial charge in [-0.15, -0.1) is 0 Å². The van der Waals surface area contributed by atoms with Crippen LogP contribution in [-0.4, -0.2) is 61.1 Å². The van der Waals surface area contributed by atoms with E-state index in [2.05, 4.69) is 20.6 Å². The summed E-state index contributed by atoms with van der Waals surface area (Å²) in [6.07, 6.45) is -1.80. The van der Waals surface area contributed by atoms with Gasteiger partial charge in [-0.05, 0) is 56.5 Å². The average molecular weight is 588 g/mol. The maximum absolute atomic E-state index is 13.9. The number of carbonyl (C=O) groups excluding carboxylic acids is 1. The lowest BCUT2D eigenvalue weighted by Crippen LogP contribution is -2.44. The van der Waals surface area contributed by atoms with Crippen molar-refractivity contribution in [2.24, 2.45) is 0 Å². The molecule has 2 amide bonds. The lowest BCUT2D eigenvalue weighted by Gasteiger charge is -2.34. The summed E-state index contributed by atoms with van der Waals surface area (Å²) in [5.41, 5.74) is -0.752. The van der Waals surface area contributed by atoms with E-state index in [9.17, 15) is 26.4 Å². The second-order valence-corrected chi connectivity index (χ2v) is 10.8. The Bertz CT molecular complexity index is 1570. The third kappa shape index (κ3) is 6.51. The first-order valence-corrected chi connectivity index (χ1v) is 14.2. The highest BCUT2D eigenvalue weighted by Gasteiger charge is 2.35. The first-order valence-electron chi connectivity index (χ1n) is 13.1. The number of ether oxygens (including phenoxy) is 1. The number of amides is 2. The minimum atomic E-state index is -4.79. The van der Waals surface area contributed by atoms with Crippen molar-refractivity contribution < 1.29 is 31.1 Å². The van der Waals surface area contributed by atoms with Crippen LogP contribution in [-0.2, 0) is 21.2 Å². The molecule has 1 atom stereocenters. The van der Waals surface area contributed by atoms with Gasteiger partial charge in [0.25, 0.3) is 0 Å². The molecule has 5 rings (SSSR count). The van der Waals surface area contributed by atoms with Crippen molar-refractivity contribution in [2.75, 3.05) is 30.0 Å². The summed E-state index contributed by atoms with van der Waals surface area (Å²) >= 11 is 0. The number of alkyl halides is 3. The number of hydrogen-bond donors (Lipinski definition) is 2. The number of urea groups is 1. The Balaban J connectivity index is 1.56. The molecule has 0 unspecified atom stereocenters. The van der Waals surface area contributed by atoms with E-state index in [1.54, 1.807) is 24.3 Å². The van der Waals surface area contributed by atoms with Crippen molar-refractivity contribution in [3.8, 4) is 11.4 Å². The molecule has 2 N–H and O–H groups in total. The zero-order valence-corrected chi connectivity index (χ0v) is 22.9. The summed E-state index contributed by atoms with van der Waals surface area (Å²) in [5.74, 6) is 0.476. The van der Waals surface area contributed by atoms with Gasteiger partial charge in [0.2, 0.25) is 10.3 Å². The molecule has 9 nitrogen and oxygen atoms in total. The summed E-state index contributed by atoms with van der Waals surface area (Å²) in [5, 5.41) is 5.66. The van der Waals surface area contributed by atoms with Gasteiger partial charge in [0.15, 0.2) is 5.82 Å². The fourth-order valence-electron chi connectivity index (χ4n) is 4.74. The fraction of sp³-hybridized carbons (Fsp3) is 0.357. The van der Waals surface area contributed by atoms with Gasteiger partial charge in [-0.25, -0.2) is 14.8 Å². The molecule has 3 aromatic rings. The summed E-state index contributed by atoms with van der Waals surface area (Å²) in [6, 6.07) is 12.2. The molecule has 216 valence electrons. The summed E-state index contributed by atoms with van der Waals surface area (Å²) in [7, 11) is -3.07. The molecule has 1 aliphatic carbocycles. The van der Waals surface area contributed by atoms with E-state index in [1.165, 1.54) is 18.2 Å². The largest absolute Gasteiger partial charge is 0.417 e. The highest BCUT2D eigenvalue weighted by atomic mass is 32.2. The second kappa shape index (κ2) is 11.9. The number of rotatable bonds is 6. The van der Waals surface area contributed by atoms with Crippen molar-refractivity contribution in [1.29, 1.82) is 0 Å². The van der Waals surface area contributed by atoms with Crippen molar-refractivity contribution in [2.45, 2.75) is 44.4 Å². The minimum Gasteiger partial charge on any atom is -0.377 e. The molecule has 2 fully saturated rings. The average Bonchev–Trinajstić information content (AvgIpc) is 2.91. The van der Waals surface area contributed by atoms with E-state index in [0.717, 1.165) is 31.4 Å². The Morgan fingerprint density at radius 2 is 1.80 bits per heavy atom. The summed E-state index contributed by atoms with van der Waals surface area (Å²) in [6.45, 7) is 3.16. The predicted molar refractivity (Wildman–Crippen MR) is 148 cm³/mol. The molecule has 1 saturated carbocycles. The lowest BCUT2D eigenvalue weighted by atomic mass is 9.93. The molecule has 1 aromatic heterocycles. The maximum atomic E-state index is 13.9. The van der Waals surface area contributed by atoms with Gasteiger partial charge in [-0.1, -0.05) is 18.2 Å². The third-order valence-electron chi connectivity index (χ3n) is 7.09. The molecule has 2 aliphatic rings. The Labute approximate surface area is 236 Å². The first kappa shape index (κ1) is 28.6. The van der Waals surface area contributed by atoms with Crippen LogP contribution in [0, 0.1) is 0 Å². The molecule has 2 aromatic carbocycles. The number of morpholine rings is 1. The SMILES string of the molecule is C[C@H]1COCCN1c1cc(C(c2ccccc2C(F)(F)F)=S(=O)=O)nc(-c2ccc(NC(=O)NC3CCC3)cc2)n1. The number of nitrogens with one attached hydrogen (secondary N) is 2. The predicted octanol–water partition coefficient (Wildman–Crippen LogP) is 4.51. The number of carbonyl (C=O) groups is 1. The number of anilines is 2. The molecular formula is C28H28F3N5O4S. The summed E-state index contributed by atoms with van der Waals surface area (Å²) in [4.78, 5) is 22.6. The van der Waals surface area contributed by atoms with Crippen LogP contribution in [0.5, 0.6) is 0 Å². The highest BCUT2D eigenvalue weighted by Crippen LogP contribution is 2.34. The zero-order chi connectivity index (χ0) is 29.1. The van der Waals surface area contributed by atoms with Gasteiger partial charge in [-0.2, -0.15) is 21.6 Å². The smallest absolute Gasteiger partial charge is 0.377 e. The number of nitrogens with zero attached hydrogens (tertiary/aromatic N) is 3. The monoisotopic (exact) mass is 587 g/mol. The molecule has 1 aliphatic heterocycles. The van der Waals surface area contributed by atoms with Gasteiger partial charge < -0.3 is 20.3 Å². The van der Waals surface area contributed by atoms with Crippen molar-refractivity contribution >= 4 is 32.7 Å². The first-order chi connectivity index (χ1) is 19.6. The standard InChI is InChI=1S/C28H28F3N5O4S/c1-17-16-40-14-13-36(17)24-15-23(25(41(38)39)21-7-2-3-8-22(21)28(29,30)31)34-26(35-24)18-9-11-20(12-10-18)33-27(37)32-19-5-4-6-19/h2-3,7-12,15,17,19H,4-6,13-14,16H2,1H3,(H2,32,33,37)/t17-/m0/s1. The molecule has 0 bridgehead atoms. The van der Waals surface area contributed by atoms with Crippen LogP contribution in [0.2, 0.25) is 0 Å². The fourth-order valence-corrected chi connectivity index (χ4v) is 5.38. The second-order valence-electron chi connectivity index (χ2n) is 9.96. The number of aromatic nitrogens is 2. The number of hydrogen-bond acceptors (Lipinski definition) is 7. The van der Waals surface area contributed by atoms with Gasteiger partial charge in [0.05, 0.1) is 30.5 Å². The van der Waals surface area contributed by atoms with Crippen LogP contribution < -0.4 is 15.5 Å². The normalized spacial score (nSPS) is 17.5. The van der Waals surface area contributed by atoms with E-state index < -0.39 is 32.5 Å². The van der Waals surface area contributed by atoms with E-state index in [0.29, 0.717) is 36.8 Å². The van der Waals surface area contributed by atoms with E-state index >= 15 is 0 Å². The lowest BCUT2D eigenvalue weighted by molar-refractivity contribution is -0.137. The quantitative estimate of drug-likeness (QED) is 0.322. The van der Waals surface area contributed by atoms with Crippen LogP contribution in [0.15, 0.2) is 54.6 Å². The maximum Gasteiger partial charge on any atom is 0.417 e. The van der Waals surface area contributed by atoms with E-state index in [-0.39, 0.29) is 29.6 Å². The van der Waals surface area contributed by atoms with E-state index in [1.807, 2.05) is 11.8 Å². The topological polar surface area (TPSA) is 114 Å². The third-order valence-corrected chi connectivity index (χ3v) is 7.85. The molecule has 0 spiro atoms. The Kier molecular flexibility index (Phi) is 8.27. The van der Waals surface area contributed by atoms with Crippen LogP contribution in [0.3, 0.4) is 0 Å². The van der Waals surface area contributed by atoms with Gasteiger partial charge in [0.1, 0.15) is 10.7 Å². The van der Waals surface area contributed by atoms with Crippen molar-refractivity contribution in [3.05, 3.63) is 71.4 Å². The van der Waals surface area contributed by atoms with Crippen LogP contribution in [0.1, 0.15) is 43.0 Å². The highest BCUT2D eigenvalue weighted by molar-refractivity contribution is 7.74. The molecule has 2 heterocycles. The molecule has 1 saturated heterocycles. The van der Waals surface area contributed by atoms with Crippen molar-refractivity contribution in [3.63, 3.8) is 0 Å². The summed E-state index contributed by atoms with van der Waals surface area (Å²) < 4.78 is 72.1. The van der Waals surface area contributed by atoms with Crippen LogP contribution in [0.4, 0.5) is 29.5 Å². The zero-order valence-electron chi connectivity index (χ0n) is 22.1.